The van der Waals surface area contributed by atoms with Gasteiger partial charge in [-0.15, -0.1) is 0 Å². The molecule has 0 amide bonds. The number of anilines is 1. The van der Waals surface area contributed by atoms with E-state index in [1.807, 2.05) is 30.3 Å². The number of benzene rings is 2. The number of nitrogen functional groups attached to an aromatic ring is 1. The third kappa shape index (κ3) is 3.38. The van der Waals surface area contributed by atoms with Crippen LogP contribution in [0.2, 0.25) is 5.02 Å². The topological polar surface area (TPSA) is 35.2 Å². The first-order valence-electron chi connectivity index (χ1n) is 5.07. The Kier molecular flexibility index (Phi) is 3.92. The van der Waals surface area contributed by atoms with Crippen molar-refractivity contribution in [1.82, 2.24) is 0 Å². The highest BCUT2D eigenvalue weighted by molar-refractivity contribution is 9.10. The number of nitrogens with two attached hydrogens (primary N) is 1. The molecule has 2 rings (SSSR count). The van der Waals surface area contributed by atoms with Gasteiger partial charge in [-0.1, -0.05) is 27.5 Å². The molecule has 0 spiro atoms. The Bertz CT molecular complexity index is 513. The average Bonchev–Trinajstić information content (AvgIpc) is 2.32. The molecule has 0 bridgehead atoms. The maximum atomic E-state index is 5.90. The first-order chi connectivity index (χ1) is 8.15. The van der Waals surface area contributed by atoms with Crippen molar-refractivity contribution in [1.29, 1.82) is 0 Å². The molecule has 0 radical (unpaired) electrons. The van der Waals surface area contributed by atoms with E-state index < -0.39 is 0 Å². The average molecular weight is 313 g/mol. The summed E-state index contributed by atoms with van der Waals surface area (Å²) in [6.07, 6.45) is 0. The van der Waals surface area contributed by atoms with Gasteiger partial charge in [-0.3, -0.25) is 0 Å². The summed E-state index contributed by atoms with van der Waals surface area (Å²) in [5, 5.41) is 0.661. The zero-order valence-corrected chi connectivity index (χ0v) is 11.3. The van der Waals surface area contributed by atoms with Crippen LogP contribution < -0.4 is 10.5 Å². The van der Waals surface area contributed by atoms with Crippen molar-refractivity contribution in [3.8, 4) is 5.75 Å². The van der Waals surface area contributed by atoms with Crippen LogP contribution in [0, 0.1) is 0 Å². The highest BCUT2D eigenvalue weighted by Gasteiger charge is 2.01. The number of halogens is 2. The Hall–Kier alpha value is -1.19. The van der Waals surface area contributed by atoms with E-state index in [1.165, 1.54) is 0 Å². The SMILES string of the molecule is Nc1ccc(Cl)cc1COc1ccc(Br)cc1. The van der Waals surface area contributed by atoms with Crippen LogP contribution in [-0.2, 0) is 6.61 Å². The summed E-state index contributed by atoms with van der Waals surface area (Å²) in [6, 6.07) is 13.0. The lowest BCUT2D eigenvalue weighted by Gasteiger charge is -2.09. The smallest absolute Gasteiger partial charge is 0.119 e. The summed E-state index contributed by atoms with van der Waals surface area (Å²) in [6.45, 7) is 0.411. The predicted octanol–water partition coefficient (Wildman–Crippen LogP) is 4.26. The second kappa shape index (κ2) is 5.43. The lowest BCUT2D eigenvalue weighted by Crippen LogP contribution is -2.00. The highest BCUT2D eigenvalue weighted by Crippen LogP contribution is 2.21. The Labute approximate surface area is 113 Å². The fourth-order valence-electron chi connectivity index (χ4n) is 1.39. The van der Waals surface area contributed by atoms with E-state index in [4.69, 9.17) is 22.1 Å². The maximum absolute atomic E-state index is 5.90. The second-order valence-corrected chi connectivity index (χ2v) is 4.94. The van der Waals surface area contributed by atoms with Gasteiger partial charge in [-0.2, -0.15) is 0 Å². The van der Waals surface area contributed by atoms with Crippen LogP contribution in [0.4, 0.5) is 5.69 Å². The van der Waals surface area contributed by atoms with Crippen LogP contribution in [-0.4, -0.2) is 0 Å². The molecule has 0 aliphatic carbocycles. The van der Waals surface area contributed by atoms with Crippen molar-refractivity contribution >= 4 is 33.2 Å². The van der Waals surface area contributed by atoms with Crippen molar-refractivity contribution in [2.75, 3.05) is 5.73 Å². The van der Waals surface area contributed by atoms with Gasteiger partial charge < -0.3 is 10.5 Å². The number of hydrogen-bond acceptors (Lipinski definition) is 2. The molecule has 88 valence electrons. The maximum Gasteiger partial charge on any atom is 0.119 e. The van der Waals surface area contributed by atoms with Crippen LogP contribution in [0.25, 0.3) is 0 Å². The highest BCUT2D eigenvalue weighted by atomic mass is 79.9. The normalized spacial score (nSPS) is 10.2. The zero-order valence-electron chi connectivity index (χ0n) is 8.99. The lowest BCUT2D eigenvalue weighted by molar-refractivity contribution is 0.307. The Morgan fingerprint density at radius 1 is 1.12 bits per heavy atom. The summed E-state index contributed by atoms with van der Waals surface area (Å²) in [4.78, 5) is 0. The number of rotatable bonds is 3. The fraction of sp³-hybridized carbons (Fsp3) is 0.0769. The molecule has 0 saturated carbocycles. The molecule has 4 heteroatoms. The van der Waals surface area contributed by atoms with Gasteiger partial charge in [0.25, 0.3) is 0 Å². The van der Waals surface area contributed by atoms with E-state index in [0.29, 0.717) is 17.3 Å². The first-order valence-corrected chi connectivity index (χ1v) is 6.24. The molecule has 2 nitrogen and oxygen atoms in total. The predicted molar refractivity (Wildman–Crippen MR) is 74.3 cm³/mol. The fourth-order valence-corrected chi connectivity index (χ4v) is 1.85. The minimum Gasteiger partial charge on any atom is -0.489 e. The van der Waals surface area contributed by atoms with E-state index >= 15 is 0 Å². The third-order valence-electron chi connectivity index (χ3n) is 2.31. The Balaban J connectivity index is 2.07. The molecular formula is C13H11BrClNO. The molecule has 0 saturated heterocycles. The van der Waals surface area contributed by atoms with Crippen LogP contribution in [0.3, 0.4) is 0 Å². The number of hydrogen-bond donors (Lipinski definition) is 1. The van der Waals surface area contributed by atoms with E-state index in [9.17, 15) is 0 Å². The molecule has 0 unspecified atom stereocenters. The number of ether oxygens (including phenoxy) is 1. The van der Waals surface area contributed by atoms with Crippen molar-refractivity contribution in [3.05, 3.63) is 57.5 Å². The first kappa shape index (κ1) is 12.3. The summed E-state index contributed by atoms with van der Waals surface area (Å²) in [5.41, 5.74) is 7.41. The van der Waals surface area contributed by atoms with Crippen LogP contribution in [0.5, 0.6) is 5.75 Å². The van der Waals surface area contributed by atoms with Gasteiger partial charge in [-0.05, 0) is 42.5 Å². The third-order valence-corrected chi connectivity index (χ3v) is 3.08. The summed E-state index contributed by atoms with van der Waals surface area (Å²) in [5.74, 6) is 0.799. The summed E-state index contributed by atoms with van der Waals surface area (Å²) < 4.78 is 6.64. The van der Waals surface area contributed by atoms with Crippen LogP contribution in [0.1, 0.15) is 5.56 Å². The van der Waals surface area contributed by atoms with Gasteiger partial charge in [0.2, 0.25) is 0 Å². The molecule has 0 fully saturated rings. The van der Waals surface area contributed by atoms with Gasteiger partial charge in [0.1, 0.15) is 12.4 Å². The lowest BCUT2D eigenvalue weighted by atomic mass is 10.2. The molecule has 17 heavy (non-hydrogen) atoms. The molecule has 0 atom stereocenters. The molecule has 0 aliphatic rings. The van der Waals surface area contributed by atoms with Gasteiger partial charge in [0.15, 0.2) is 0 Å². The molecule has 0 heterocycles. The molecule has 2 N–H and O–H groups in total. The summed E-state index contributed by atoms with van der Waals surface area (Å²) in [7, 11) is 0. The Morgan fingerprint density at radius 3 is 2.53 bits per heavy atom. The second-order valence-electron chi connectivity index (χ2n) is 3.59. The monoisotopic (exact) mass is 311 g/mol. The standard InChI is InChI=1S/C13H11BrClNO/c14-10-1-4-12(5-2-10)17-8-9-7-11(15)3-6-13(9)16/h1-7H,8,16H2. The summed E-state index contributed by atoms with van der Waals surface area (Å²) >= 11 is 9.27. The van der Waals surface area contributed by atoms with Crippen molar-refractivity contribution in [2.24, 2.45) is 0 Å². The quantitative estimate of drug-likeness (QED) is 0.859. The van der Waals surface area contributed by atoms with Gasteiger partial charge >= 0.3 is 0 Å². The van der Waals surface area contributed by atoms with Crippen LogP contribution >= 0.6 is 27.5 Å². The van der Waals surface area contributed by atoms with Crippen LogP contribution in [0.15, 0.2) is 46.9 Å². The van der Waals surface area contributed by atoms with Gasteiger partial charge in [0, 0.05) is 20.7 Å². The van der Waals surface area contributed by atoms with E-state index in [-0.39, 0.29) is 0 Å². The molecule has 2 aromatic rings. The molecule has 0 aromatic heterocycles. The minimum atomic E-state index is 0.411. The van der Waals surface area contributed by atoms with E-state index in [1.54, 1.807) is 12.1 Å². The minimum absolute atomic E-state index is 0.411. The molecule has 2 aromatic carbocycles. The molecule has 0 aliphatic heterocycles. The Morgan fingerprint density at radius 2 is 1.82 bits per heavy atom. The largest absolute Gasteiger partial charge is 0.489 e. The van der Waals surface area contributed by atoms with Crippen molar-refractivity contribution in [3.63, 3.8) is 0 Å². The van der Waals surface area contributed by atoms with Crippen molar-refractivity contribution in [2.45, 2.75) is 6.61 Å². The zero-order chi connectivity index (χ0) is 12.3. The van der Waals surface area contributed by atoms with Gasteiger partial charge in [-0.25, -0.2) is 0 Å². The van der Waals surface area contributed by atoms with E-state index in [0.717, 1.165) is 15.8 Å². The molecular weight excluding hydrogens is 302 g/mol. The van der Waals surface area contributed by atoms with E-state index in [2.05, 4.69) is 15.9 Å². The van der Waals surface area contributed by atoms with Crippen molar-refractivity contribution < 1.29 is 4.74 Å². The van der Waals surface area contributed by atoms with Gasteiger partial charge in [0.05, 0.1) is 0 Å².